The number of rotatable bonds is 6. The molecular formula is C20H22O2. The molecule has 0 fully saturated rings. The maximum atomic E-state index is 12.3. The molecule has 0 aliphatic rings. The second kappa shape index (κ2) is 7.60. The topological polar surface area (TPSA) is 26.3 Å². The number of allylic oxidation sites excluding steroid dienone is 1. The number of ether oxygens (including phenoxy) is 1. The molecule has 0 radical (unpaired) electrons. The molecule has 0 aliphatic heterocycles. The lowest BCUT2D eigenvalue weighted by molar-refractivity contribution is 0.104. The Labute approximate surface area is 132 Å². The number of benzene rings is 2. The molecule has 2 aromatic rings. The zero-order chi connectivity index (χ0) is 15.9. The van der Waals surface area contributed by atoms with Crippen molar-refractivity contribution in [3.05, 3.63) is 77.4 Å². The molecular weight excluding hydrogens is 272 g/mol. The number of carbonyl (C=O) groups excluding carboxylic acids is 1. The Morgan fingerprint density at radius 2 is 1.64 bits per heavy atom. The molecule has 0 aliphatic carbocycles. The Morgan fingerprint density at radius 1 is 1.00 bits per heavy atom. The predicted octanol–water partition coefficient (Wildman–Crippen LogP) is 5.07. The highest BCUT2D eigenvalue weighted by Gasteiger charge is 2.08. The van der Waals surface area contributed by atoms with Crippen molar-refractivity contribution in [1.82, 2.24) is 0 Å². The van der Waals surface area contributed by atoms with E-state index in [4.69, 9.17) is 4.74 Å². The molecule has 114 valence electrons. The number of hydrogen-bond donors (Lipinski definition) is 0. The third-order valence-corrected chi connectivity index (χ3v) is 3.48. The van der Waals surface area contributed by atoms with Crippen molar-refractivity contribution in [3.63, 3.8) is 0 Å². The first-order valence-corrected chi connectivity index (χ1v) is 7.66. The average Bonchev–Trinajstić information content (AvgIpc) is 2.55. The van der Waals surface area contributed by atoms with Crippen molar-refractivity contribution in [2.24, 2.45) is 0 Å². The van der Waals surface area contributed by atoms with Crippen molar-refractivity contribution < 1.29 is 9.53 Å². The van der Waals surface area contributed by atoms with Crippen LogP contribution in [0.1, 0.15) is 48.2 Å². The van der Waals surface area contributed by atoms with Crippen molar-refractivity contribution in [1.29, 1.82) is 0 Å². The molecule has 0 heterocycles. The lowest BCUT2D eigenvalue weighted by atomic mass is 10.0. The fraction of sp³-hybridized carbons (Fsp3) is 0.250. The quantitative estimate of drug-likeness (QED) is 0.422. The third-order valence-electron chi connectivity index (χ3n) is 3.48. The summed E-state index contributed by atoms with van der Waals surface area (Å²) < 4.78 is 5.66. The Bertz CT molecular complexity index is 637. The van der Waals surface area contributed by atoms with Gasteiger partial charge in [0.05, 0.1) is 6.61 Å². The van der Waals surface area contributed by atoms with E-state index in [2.05, 4.69) is 26.0 Å². The fourth-order valence-corrected chi connectivity index (χ4v) is 2.20. The smallest absolute Gasteiger partial charge is 0.189 e. The molecule has 0 N–H and O–H groups in total. The summed E-state index contributed by atoms with van der Waals surface area (Å²) >= 11 is 0. The molecule has 0 aromatic heterocycles. The minimum Gasteiger partial charge on any atom is -0.493 e. The second-order valence-electron chi connectivity index (χ2n) is 5.45. The Kier molecular flexibility index (Phi) is 5.54. The van der Waals surface area contributed by atoms with Crippen LogP contribution in [0.3, 0.4) is 0 Å². The van der Waals surface area contributed by atoms with E-state index in [-0.39, 0.29) is 5.78 Å². The summed E-state index contributed by atoms with van der Waals surface area (Å²) in [6.07, 6.45) is 1.57. The van der Waals surface area contributed by atoms with Gasteiger partial charge in [-0.1, -0.05) is 68.4 Å². The molecule has 0 amide bonds. The molecule has 0 atom stereocenters. The normalized spacial score (nSPS) is 11.5. The maximum Gasteiger partial charge on any atom is 0.189 e. The van der Waals surface area contributed by atoms with Crippen LogP contribution in [-0.4, -0.2) is 12.4 Å². The van der Waals surface area contributed by atoms with Gasteiger partial charge in [0.25, 0.3) is 0 Å². The van der Waals surface area contributed by atoms with E-state index in [1.165, 1.54) is 5.56 Å². The van der Waals surface area contributed by atoms with Gasteiger partial charge in [-0.05, 0) is 18.4 Å². The van der Waals surface area contributed by atoms with E-state index in [0.717, 1.165) is 5.56 Å². The SMILES string of the molecule is CCO/C(=C\C(=O)c1ccccc1)c1ccc(C(C)C)cc1. The lowest BCUT2D eigenvalue weighted by Crippen LogP contribution is -1.99. The summed E-state index contributed by atoms with van der Waals surface area (Å²) in [6, 6.07) is 17.4. The summed E-state index contributed by atoms with van der Waals surface area (Å²) in [7, 11) is 0. The molecule has 0 unspecified atom stereocenters. The molecule has 0 spiro atoms. The Morgan fingerprint density at radius 3 is 2.18 bits per heavy atom. The highest BCUT2D eigenvalue weighted by atomic mass is 16.5. The third kappa shape index (κ3) is 4.08. The first kappa shape index (κ1) is 16.0. The largest absolute Gasteiger partial charge is 0.493 e. The van der Waals surface area contributed by atoms with Crippen molar-refractivity contribution in [2.75, 3.05) is 6.61 Å². The van der Waals surface area contributed by atoms with E-state index in [9.17, 15) is 4.79 Å². The Balaban J connectivity index is 2.29. The van der Waals surface area contributed by atoms with E-state index in [1.54, 1.807) is 6.08 Å². The van der Waals surface area contributed by atoms with Gasteiger partial charge < -0.3 is 4.74 Å². The van der Waals surface area contributed by atoms with Crippen LogP contribution in [0.5, 0.6) is 0 Å². The maximum absolute atomic E-state index is 12.3. The van der Waals surface area contributed by atoms with E-state index in [0.29, 0.717) is 23.8 Å². The zero-order valence-corrected chi connectivity index (χ0v) is 13.4. The van der Waals surface area contributed by atoms with Crippen LogP contribution < -0.4 is 0 Å². The van der Waals surface area contributed by atoms with Crippen molar-refractivity contribution in [3.8, 4) is 0 Å². The summed E-state index contributed by atoms with van der Waals surface area (Å²) in [6.45, 7) is 6.77. The first-order chi connectivity index (χ1) is 10.6. The summed E-state index contributed by atoms with van der Waals surface area (Å²) in [5.74, 6) is 1.06. The number of ketones is 1. The molecule has 0 saturated heterocycles. The highest BCUT2D eigenvalue weighted by molar-refractivity contribution is 6.07. The molecule has 22 heavy (non-hydrogen) atoms. The highest BCUT2D eigenvalue weighted by Crippen LogP contribution is 2.21. The van der Waals surface area contributed by atoms with Crippen LogP contribution in [0.15, 0.2) is 60.7 Å². The summed E-state index contributed by atoms with van der Waals surface area (Å²) in [5.41, 5.74) is 2.86. The van der Waals surface area contributed by atoms with Gasteiger partial charge in [0.1, 0.15) is 5.76 Å². The van der Waals surface area contributed by atoms with E-state index in [1.807, 2.05) is 49.4 Å². The summed E-state index contributed by atoms with van der Waals surface area (Å²) in [5, 5.41) is 0. The van der Waals surface area contributed by atoms with Crippen molar-refractivity contribution in [2.45, 2.75) is 26.7 Å². The second-order valence-corrected chi connectivity index (χ2v) is 5.45. The van der Waals surface area contributed by atoms with Gasteiger partial charge in [0.2, 0.25) is 0 Å². The van der Waals surface area contributed by atoms with Gasteiger partial charge >= 0.3 is 0 Å². The van der Waals surface area contributed by atoms with Gasteiger partial charge in [0, 0.05) is 17.2 Å². The average molecular weight is 294 g/mol. The van der Waals surface area contributed by atoms with E-state index < -0.39 is 0 Å². The zero-order valence-electron chi connectivity index (χ0n) is 13.4. The molecule has 0 saturated carbocycles. The summed E-state index contributed by atoms with van der Waals surface area (Å²) in [4.78, 5) is 12.3. The van der Waals surface area contributed by atoms with Gasteiger partial charge in [-0.25, -0.2) is 0 Å². The number of carbonyl (C=O) groups is 1. The molecule has 0 bridgehead atoms. The lowest BCUT2D eigenvalue weighted by Gasteiger charge is -2.11. The van der Waals surface area contributed by atoms with Crippen LogP contribution in [0.25, 0.3) is 5.76 Å². The van der Waals surface area contributed by atoms with E-state index >= 15 is 0 Å². The van der Waals surface area contributed by atoms with Crippen LogP contribution in [0.2, 0.25) is 0 Å². The van der Waals surface area contributed by atoms with Gasteiger partial charge in [-0.2, -0.15) is 0 Å². The standard InChI is InChI=1S/C20H22O2/c1-4-22-20(14-19(21)17-8-6-5-7-9-17)18-12-10-16(11-13-18)15(2)3/h5-15H,4H2,1-3H3/b20-14-. The molecule has 2 heteroatoms. The molecule has 2 aromatic carbocycles. The minimum atomic E-state index is -0.0445. The predicted molar refractivity (Wildman–Crippen MR) is 90.9 cm³/mol. The van der Waals surface area contributed by atoms with Crippen LogP contribution in [0, 0.1) is 0 Å². The van der Waals surface area contributed by atoms with Crippen LogP contribution >= 0.6 is 0 Å². The molecule has 2 rings (SSSR count). The first-order valence-electron chi connectivity index (χ1n) is 7.66. The van der Waals surface area contributed by atoms with Gasteiger partial charge in [0.15, 0.2) is 5.78 Å². The van der Waals surface area contributed by atoms with Gasteiger partial charge in [-0.15, -0.1) is 0 Å². The monoisotopic (exact) mass is 294 g/mol. The fourth-order valence-electron chi connectivity index (χ4n) is 2.20. The van der Waals surface area contributed by atoms with Crippen molar-refractivity contribution >= 4 is 11.5 Å². The van der Waals surface area contributed by atoms with Crippen LogP contribution in [0.4, 0.5) is 0 Å². The number of hydrogen-bond acceptors (Lipinski definition) is 2. The minimum absolute atomic E-state index is 0.0445. The Hall–Kier alpha value is -2.35. The van der Waals surface area contributed by atoms with Gasteiger partial charge in [-0.3, -0.25) is 4.79 Å². The van der Waals surface area contributed by atoms with Crippen LogP contribution in [-0.2, 0) is 4.74 Å². The molecule has 2 nitrogen and oxygen atoms in total.